The Kier molecular flexibility index (Phi) is 6.78. The molecule has 2 unspecified atom stereocenters. The second-order valence-electron chi connectivity index (χ2n) is 6.22. The van der Waals surface area contributed by atoms with Crippen molar-refractivity contribution in [3.05, 3.63) is 35.6 Å². The molecule has 0 spiro atoms. The molecule has 1 aromatic rings. The topological polar surface area (TPSA) is 58.4 Å². The van der Waals surface area contributed by atoms with E-state index in [0.717, 1.165) is 19.5 Å². The molecule has 0 aromatic heterocycles. The van der Waals surface area contributed by atoms with Crippen LogP contribution in [0.3, 0.4) is 0 Å². The molecule has 1 heterocycles. The van der Waals surface area contributed by atoms with E-state index in [1.54, 1.807) is 18.2 Å². The van der Waals surface area contributed by atoms with Gasteiger partial charge in [0, 0.05) is 18.7 Å². The number of carbonyl (C=O) groups is 1. The van der Waals surface area contributed by atoms with Crippen LogP contribution in [0, 0.1) is 11.2 Å². The van der Waals surface area contributed by atoms with Gasteiger partial charge in [0.05, 0.1) is 6.04 Å². The Balaban J connectivity index is 0.00000242. The summed E-state index contributed by atoms with van der Waals surface area (Å²) >= 11 is 0. The minimum absolute atomic E-state index is 0. The molecule has 1 saturated heterocycles. The maximum absolute atomic E-state index is 13.5. The monoisotopic (exact) mass is 329 g/mol. The van der Waals surface area contributed by atoms with E-state index in [1.165, 1.54) is 6.07 Å². The third kappa shape index (κ3) is 4.41. The van der Waals surface area contributed by atoms with Crippen molar-refractivity contribution >= 4 is 18.3 Å². The summed E-state index contributed by atoms with van der Waals surface area (Å²) in [5.74, 6) is -0.359. The number of hydrogen-bond donors (Lipinski definition) is 2. The van der Waals surface area contributed by atoms with Crippen LogP contribution in [0.25, 0.3) is 0 Å². The van der Waals surface area contributed by atoms with Gasteiger partial charge in [-0.1, -0.05) is 25.1 Å². The lowest BCUT2D eigenvalue weighted by Crippen LogP contribution is -2.45. The average Bonchev–Trinajstić information content (AvgIpc) is 2.88. The van der Waals surface area contributed by atoms with E-state index in [4.69, 9.17) is 5.73 Å². The first-order valence-corrected chi connectivity index (χ1v) is 7.40. The summed E-state index contributed by atoms with van der Waals surface area (Å²) in [6.07, 6.45) is 1.01. The van der Waals surface area contributed by atoms with Gasteiger partial charge >= 0.3 is 0 Å². The molecule has 1 fully saturated rings. The highest BCUT2D eigenvalue weighted by atomic mass is 35.5. The van der Waals surface area contributed by atoms with Gasteiger partial charge < -0.3 is 11.1 Å². The Hall–Kier alpha value is -1.17. The predicted molar refractivity (Wildman–Crippen MR) is 88.3 cm³/mol. The van der Waals surface area contributed by atoms with Crippen LogP contribution >= 0.6 is 12.4 Å². The van der Waals surface area contributed by atoms with Crippen LogP contribution in [-0.4, -0.2) is 36.5 Å². The SMILES string of the molecule is CC(C(=O)NCc1ccccc1F)N1CCC(C)(CN)C1.Cl. The number of hydrogen-bond acceptors (Lipinski definition) is 3. The maximum atomic E-state index is 13.5. The summed E-state index contributed by atoms with van der Waals surface area (Å²) in [7, 11) is 0. The lowest BCUT2D eigenvalue weighted by Gasteiger charge is -2.26. The molecule has 1 amide bonds. The molecule has 2 rings (SSSR count). The first-order chi connectivity index (χ1) is 9.95. The van der Waals surface area contributed by atoms with Crippen molar-refractivity contribution in [1.29, 1.82) is 0 Å². The van der Waals surface area contributed by atoms with Crippen molar-refractivity contribution in [3.63, 3.8) is 0 Å². The number of nitrogens with zero attached hydrogens (tertiary/aromatic N) is 1. The van der Waals surface area contributed by atoms with Crippen LogP contribution in [0.5, 0.6) is 0 Å². The fourth-order valence-corrected chi connectivity index (χ4v) is 2.70. The van der Waals surface area contributed by atoms with E-state index in [9.17, 15) is 9.18 Å². The molecule has 2 atom stereocenters. The summed E-state index contributed by atoms with van der Waals surface area (Å²) < 4.78 is 13.5. The Morgan fingerprint density at radius 3 is 2.77 bits per heavy atom. The summed E-state index contributed by atoms with van der Waals surface area (Å²) in [6, 6.07) is 6.27. The summed E-state index contributed by atoms with van der Waals surface area (Å²) in [5, 5.41) is 2.81. The van der Waals surface area contributed by atoms with Crippen LogP contribution in [0.2, 0.25) is 0 Å². The third-order valence-electron chi connectivity index (χ3n) is 4.42. The van der Waals surface area contributed by atoms with E-state index in [2.05, 4.69) is 17.1 Å². The van der Waals surface area contributed by atoms with Gasteiger partial charge in [0.15, 0.2) is 0 Å². The Morgan fingerprint density at radius 1 is 1.50 bits per heavy atom. The Bertz CT molecular complexity index is 514. The molecule has 0 saturated carbocycles. The highest BCUT2D eigenvalue weighted by molar-refractivity contribution is 5.85. The summed E-state index contributed by atoms with van der Waals surface area (Å²) in [6.45, 7) is 6.60. The fraction of sp³-hybridized carbons (Fsp3) is 0.562. The van der Waals surface area contributed by atoms with Crippen molar-refractivity contribution < 1.29 is 9.18 Å². The number of nitrogens with two attached hydrogens (primary N) is 1. The van der Waals surface area contributed by atoms with Crippen molar-refractivity contribution in [3.8, 4) is 0 Å². The highest BCUT2D eigenvalue weighted by Crippen LogP contribution is 2.29. The predicted octanol–water partition coefficient (Wildman–Crippen LogP) is 1.92. The molecule has 1 aliphatic heterocycles. The van der Waals surface area contributed by atoms with Crippen molar-refractivity contribution in [2.75, 3.05) is 19.6 Å². The maximum Gasteiger partial charge on any atom is 0.237 e. The third-order valence-corrected chi connectivity index (χ3v) is 4.42. The number of rotatable bonds is 5. The van der Waals surface area contributed by atoms with Gasteiger partial charge in [-0.3, -0.25) is 9.69 Å². The normalized spacial score (nSPS) is 22.9. The van der Waals surface area contributed by atoms with Crippen LogP contribution in [0.4, 0.5) is 4.39 Å². The minimum atomic E-state index is -0.290. The highest BCUT2D eigenvalue weighted by Gasteiger charge is 2.36. The van der Waals surface area contributed by atoms with Gasteiger partial charge in [-0.05, 0) is 37.9 Å². The van der Waals surface area contributed by atoms with Gasteiger partial charge in [0.25, 0.3) is 0 Å². The molecule has 1 aliphatic rings. The first-order valence-electron chi connectivity index (χ1n) is 7.40. The minimum Gasteiger partial charge on any atom is -0.351 e. The second-order valence-corrected chi connectivity index (χ2v) is 6.22. The smallest absolute Gasteiger partial charge is 0.237 e. The lowest BCUT2D eigenvalue weighted by molar-refractivity contribution is -0.125. The van der Waals surface area contributed by atoms with E-state index < -0.39 is 0 Å². The van der Waals surface area contributed by atoms with Gasteiger partial charge in [0.2, 0.25) is 5.91 Å². The first kappa shape index (κ1) is 18.9. The van der Waals surface area contributed by atoms with Crippen LogP contribution in [0.15, 0.2) is 24.3 Å². The standard InChI is InChI=1S/C16H24FN3O.ClH/c1-12(20-8-7-16(2,10-18)11-20)15(21)19-9-13-5-3-4-6-14(13)17;/h3-6,12H,7-11,18H2,1-2H3,(H,19,21);1H. The molecule has 0 aliphatic carbocycles. The quantitative estimate of drug-likeness (QED) is 0.867. The Morgan fingerprint density at radius 2 is 2.18 bits per heavy atom. The molecule has 124 valence electrons. The summed E-state index contributed by atoms with van der Waals surface area (Å²) in [5.41, 5.74) is 6.39. The van der Waals surface area contributed by atoms with E-state index in [1.807, 2.05) is 6.92 Å². The van der Waals surface area contributed by atoms with Gasteiger partial charge in [-0.2, -0.15) is 0 Å². The average molecular weight is 330 g/mol. The van der Waals surface area contributed by atoms with E-state index >= 15 is 0 Å². The Labute approximate surface area is 137 Å². The fourth-order valence-electron chi connectivity index (χ4n) is 2.70. The van der Waals surface area contributed by atoms with Gasteiger partial charge in [-0.25, -0.2) is 4.39 Å². The van der Waals surface area contributed by atoms with E-state index in [0.29, 0.717) is 12.1 Å². The molecule has 3 N–H and O–H groups in total. The zero-order valence-electron chi connectivity index (χ0n) is 13.1. The zero-order chi connectivity index (χ0) is 15.5. The number of likely N-dealkylation sites (tertiary alicyclic amines) is 1. The van der Waals surface area contributed by atoms with Gasteiger partial charge in [0.1, 0.15) is 5.82 Å². The molecule has 0 radical (unpaired) electrons. The molecule has 22 heavy (non-hydrogen) atoms. The van der Waals surface area contributed by atoms with Crippen molar-refractivity contribution in [2.45, 2.75) is 32.9 Å². The number of halogens is 2. The van der Waals surface area contributed by atoms with Gasteiger partial charge in [-0.15, -0.1) is 12.4 Å². The van der Waals surface area contributed by atoms with Crippen molar-refractivity contribution in [2.24, 2.45) is 11.1 Å². The largest absolute Gasteiger partial charge is 0.351 e. The number of carbonyl (C=O) groups excluding carboxylic acids is 1. The molecule has 4 nitrogen and oxygen atoms in total. The van der Waals surface area contributed by atoms with Crippen molar-refractivity contribution in [1.82, 2.24) is 10.2 Å². The van der Waals surface area contributed by atoms with E-state index in [-0.39, 0.29) is 42.1 Å². The number of amides is 1. The molecular formula is C16H25ClFN3O. The van der Waals surface area contributed by atoms with Crippen LogP contribution in [0.1, 0.15) is 25.8 Å². The molecule has 1 aromatic carbocycles. The number of nitrogens with one attached hydrogen (secondary N) is 1. The molecule has 6 heteroatoms. The van der Waals surface area contributed by atoms with Crippen LogP contribution < -0.4 is 11.1 Å². The summed E-state index contributed by atoms with van der Waals surface area (Å²) in [4.78, 5) is 14.3. The zero-order valence-corrected chi connectivity index (χ0v) is 14.0. The van der Waals surface area contributed by atoms with Crippen LogP contribution in [-0.2, 0) is 11.3 Å². The lowest BCUT2D eigenvalue weighted by atomic mass is 9.90. The molecule has 0 bridgehead atoms. The molecular weight excluding hydrogens is 305 g/mol. The second kappa shape index (κ2) is 7.90. The number of benzene rings is 1.